The topological polar surface area (TPSA) is 53.3 Å². The molecule has 3 rings (SSSR count). The molecular weight excluding hydrogens is 324 g/mol. The van der Waals surface area contributed by atoms with Gasteiger partial charge in [0.05, 0.1) is 5.69 Å². The second-order valence-electron chi connectivity index (χ2n) is 6.66. The molecule has 1 aromatic carbocycles. The minimum Gasteiger partial charge on any atom is -0.508 e. The van der Waals surface area contributed by atoms with Crippen LogP contribution in [-0.2, 0) is 20.1 Å². The molecule has 1 aromatic heterocycles. The van der Waals surface area contributed by atoms with Crippen molar-refractivity contribution in [2.24, 2.45) is 7.05 Å². The van der Waals surface area contributed by atoms with Crippen LogP contribution in [0.5, 0.6) is 5.75 Å². The number of halogens is 1. The number of hydrogen-bond acceptors (Lipinski definition) is 4. The number of aromatic hydroxyl groups is 1. The molecule has 0 radical (unpaired) electrons. The van der Waals surface area contributed by atoms with E-state index in [0.717, 1.165) is 43.9 Å². The molecular formula is C18H25ClN4O. The Hall–Kier alpha value is -1.56. The number of phenolic OH excluding ortho intramolecular Hbond substituents is 1. The number of benzene rings is 1. The fourth-order valence-corrected chi connectivity index (χ4v) is 3.55. The Morgan fingerprint density at radius 1 is 1.42 bits per heavy atom. The zero-order chi connectivity index (χ0) is 17.1. The van der Waals surface area contributed by atoms with Gasteiger partial charge in [0.15, 0.2) is 0 Å². The monoisotopic (exact) mass is 348 g/mol. The molecule has 1 atom stereocenters. The molecule has 6 heteroatoms. The molecule has 1 aliphatic rings. The Morgan fingerprint density at radius 2 is 2.25 bits per heavy atom. The summed E-state index contributed by atoms with van der Waals surface area (Å²) in [6.45, 7) is 5.64. The number of hydrogen-bond donors (Lipinski definition) is 2. The van der Waals surface area contributed by atoms with Gasteiger partial charge in [-0.05, 0) is 50.1 Å². The maximum Gasteiger partial charge on any atom is 0.120 e. The first-order chi connectivity index (χ1) is 11.5. The second-order valence-corrected chi connectivity index (χ2v) is 7.10. The fraction of sp³-hybridized carbons (Fsp3) is 0.500. The summed E-state index contributed by atoms with van der Waals surface area (Å²) in [5.74, 6) is 0.318. The first-order valence-electron chi connectivity index (χ1n) is 8.43. The van der Waals surface area contributed by atoms with Gasteiger partial charge in [-0.1, -0.05) is 11.6 Å². The summed E-state index contributed by atoms with van der Waals surface area (Å²) in [7, 11) is 1.95. The predicted molar refractivity (Wildman–Crippen MR) is 96.2 cm³/mol. The lowest BCUT2D eigenvalue weighted by Gasteiger charge is -2.33. The highest BCUT2D eigenvalue weighted by atomic mass is 35.5. The van der Waals surface area contributed by atoms with Crippen molar-refractivity contribution in [2.75, 3.05) is 13.1 Å². The largest absolute Gasteiger partial charge is 0.508 e. The van der Waals surface area contributed by atoms with Crippen LogP contribution in [-0.4, -0.2) is 38.9 Å². The maximum atomic E-state index is 10.0. The quantitative estimate of drug-likeness (QED) is 0.872. The van der Waals surface area contributed by atoms with Crippen LogP contribution in [0.3, 0.4) is 0 Å². The number of likely N-dealkylation sites (tertiary alicyclic amines) is 1. The van der Waals surface area contributed by atoms with E-state index >= 15 is 0 Å². The van der Waals surface area contributed by atoms with E-state index in [4.69, 9.17) is 11.6 Å². The van der Waals surface area contributed by atoms with Gasteiger partial charge in [-0.25, -0.2) is 0 Å². The second kappa shape index (κ2) is 7.55. The Kier molecular flexibility index (Phi) is 5.43. The van der Waals surface area contributed by atoms with Crippen LogP contribution in [0.2, 0.25) is 5.02 Å². The minimum atomic E-state index is 0.318. The molecule has 0 bridgehead atoms. The smallest absolute Gasteiger partial charge is 0.120 e. The van der Waals surface area contributed by atoms with Crippen LogP contribution in [0.15, 0.2) is 24.4 Å². The number of piperidine rings is 1. The van der Waals surface area contributed by atoms with Gasteiger partial charge in [0, 0.05) is 49.5 Å². The molecule has 1 unspecified atom stereocenters. The molecule has 1 aliphatic heterocycles. The van der Waals surface area contributed by atoms with E-state index in [1.165, 1.54) is 12.0 Å². The molecule has 2 aromatic rings. The van der Waals surface area contributed by atoms with E-state index < -0.39 is 0 Å². The highest BCUT2D eigenvalue weighted by Crippen LogP contribution is 2.24. The van der Waals surface area contributed by atoms with Gasteiger partial charge in [-0.15, -0.1) is 0 Å². The van der Waals surface area contributed by atoms with E-state index in [9.17, 15) is 5.11 Å². The minimum absolute atomic E-state index is 0.318. The van der Waals surface area contributed by atoms with Gasteiger partial charge in [-0.2, -0.15) is 5.10 Å². The van der Waals surface area contributed by atoms with Gasteiger partial charge >= 0.3 is 0 Å². The van der Waals surface area contributed by atoms with Crippen LogP contribution in [0.4, 0.5) is 0 Å². The van der Waals surface area contributed by atoms with Crippen LogP contribution >= 0.6 is 11.6 Å². The zero-order valence-corrected chi connectivity index (χ0v) is 15.1. The van der Waals surface area contributed by atoms with Crippen LogP contribution < -0.4 is 5.32 Å². The highest BCUT2D eigenvalue weighted by molar-refractivity contribution is 6.30. The fourth-order valence-electron chi connectivity index (χ4n) is 3.36. The van der Waals surface area contributed by atoms with Gasteiger partial charge in [-0.3, -0.25) is 9.58 Å². The van der Waals surface area contributed by atoms with Gasteiger partial charge in [0.1, 0.15) is 5.75 Å². The molecule has 5 nitrogen and oxygen atoms in total. The summed E-state index contributed by atoms with van der Waals surface area (Å²) in [6.07, 6.45) is 4.37. The molecule has 0 saturated carbocycles. The van der Waals surface area contributed by atoms with Crippen molar-refractivity contribution >= 4 is 11.6 Å². The third-order valence-corrected chi connectivity index (χ3v) is 4.85. The normalized spacial score (nSPS) is 18.9. The number of nitrogens with one attached hydrogen (secondary N) is 1. The van der Waals surface area contributed by atoms with Crippen molar-refractivity contribution < 1.29 is 5.11 Å². The van der Waals surface area contributed by atoms with E-state index in [0.29, 0.717) is 16.8 Å². The summed E-state index contributed by atoms with van der Waals surface area (Å²) >= 11 is 6.05. The van der Waals surface area contributed by atoms with E-state index in [1.807, 2.05) is 24.0 Å². The molecule has 0 spiro atoms. The number of nitrogens with zero attached hydrogens (tertiary/aromatic N) is 3. The van der Waals surface area contributed by atoms with Gasteiger partial charge < -0.3 is 10.4 Å². The third-order valence-electron chi connectivity index (χ3n) is 4.61. The summed E-state index contributed by atoms with van der Waals surface area (Å²) in [6, 6.07) is 5.68. The number of aromatic nitrogens is 2. The average Bonchev–Trinajstić information content (AvgIpc) is 2.87. The number of phenols is 1. The van der Waals surface area contributed by atoms with Crippen LogP contribution in [0.1, 0.15) is 29.7 Å². The summed E-state index contributed by atoms with van der Waals surface area (Å²) in [5, 5.41) is 18.8. The zero-order valence-electron chi connectivity index (χ0n) is 14.3. The van der Waals surface area contributed by atoms with Gasteiger partial charge in [0.25, 0.3) is 0 Å². The van der Waals surface area contributed by atoms with Crippen LogP contribution in [0, 0.1) is 6.92 Å². The Balaban J connectivity index is 1.56. The standard InChI is InChI=1S/C18H25ClN4O/c1-13-10-22(2)21-17(13)9-20-16-4-3-7-23(12-16)11-14-8-15(19)5-6-18(14)24/h5-6,8,10,16,20,24H,3-4,7,9,11-12H2,1-2H3. The molecule has 1 saturated heterocycles. The van der Waals surface area contributed by atoms with Crippen molar-refractivity contribution in [1.82, 2.24) is 20.0 Å². The molecule has 130 valence electrons. The Bertz CT molecular complexity index is 700. The summed E-state index contributed by atoms with van der Waals surface area (Å²) in [5.41, 5.74) is 3.23. The van der Waals surface area contributed by atoms with E-state index in [1.54, 1.807) is 12.1 Å². The molecule has 2 N–H and O–H groups in total. The molecule has 1 fully saturated rings. The lowest BCUT2D eigenvalue weighted by Crippen LogP contribution is -2.45. The SMILES string of the molecule is Cc1cn(C)nc1CNC1CCCN(Cc2cc(Cl)ccc2O)C1. The highest BCUT2D eigenvalue weighted by Gasteiger charge is 2.21. The molecule has 0 amide bonds. The average molecular weight is 349 g/mol. The first kappa shape index (κ1) is 17.3. The van der Waals surface area contributed by atoms with Crippen molar-refractivity contribution in [2.45, 2.75) is 38.9 Å². The molecule has 2 heterocycles. The van der Waals surface area contributed by atoms with E-state index in [-0.39, 0.29) is 0 Å². The van der Waals surface area contributed by atoms with Crippen LogP contribution in [0.25, 0.3) is 0 Å². The lowest BCUT2D eigenvalue weighted by molar-refractivity contribution is 0.181. The predicted octanol–water partition coefficient (Wildman–Crippen LogP) is 2.84. The summed E-state index contributed by atoms with van der Waals surface area (Å²) < 4.78 is 1.86. The number of rotatable bonds is 5. The Morgan fingerprint density at radius 3 is 3.00 bits per heavy atom. The van der Waals surface area contributed by atoms with Crippen molar-refractivity contribution in [1.29, 1.82) is 0 Å². The van der Waals surface area contributed by atoms with Crippen molar-refractivity contribution in [3.05, 3.63) is 46.2 Å². The van der Waals surface area contributed by atoms with Crippen molar-refractivity contribution in [3.8, 4) is 5.75 Å². The van der Waals surface area contributed by atoms with Gasteiger partial charge in [0.2, 0.25) is 0 Å². The first-order valence-corrected chi connectivity index (χ1v) is 8.81. The van der Waals surface area contributed by atoms with E-state index in [2.05, 4.69) is 22.2 Å². The third kappa shape index (κ3) is 4.29. The Labute approximate surface area is 148 Å². The lowest BCUT2D eigenvalue weighted by atomic mass is 10.0. The summed E-state index contributed by atoms with van der Waals surface area (Å²) in [4.78, 5) is 2.37. The van der Waals surface area contributed by atoms with Crippen molar-refractivity contribution in [3.63, 3.8) is 0 Å². The maximum absolute atomic E-state index is 10.0. The molecule has 0 aliphatic carbocycles. The number of aryl methyl sites for hydroxylation is 2. The molecule has 24 heavy (non-hydrogen) atoms.